The van der Waals surface area contributed by atoms with Gasteiger partial charge in [0.05, 0.1) is 0 Å². The average molecular weight is 409 g/mol. The number of urea groups is 1. The van der Waals surface area contributed by atoms with Crippen molar-refractivity contribution < 1.29 is 27.9 Å². The maximum absolute atomic E-state index is 13.8. The highest BCUT2D eigenvalue weighted by molar-refractivity contribution is 6.07. The van der Waals surface area contributed by atoms with Crippen molar-refractivity contribution in [3.63, 3.8) is 0 Å². The Balaban J connectivity index is 1.65. The molecule has 1 aromatic carbocycles. The molecule has 0 radical (unpaired) electrons. The Bertz CT molecular complexity index is 822. The van der Waals surface area contributed by atoms with Crippen molar-refractivity contribution in [1.29, 1.82) is 0 Å². The number of nitrogens with one attached hydrogen (secondary N) is 1. The van der Waals surface area contributed by atoms with Gasteiger partial charge in [0.15, 0.2) is 17.7 Å². The number of carbonyl (C=O) groups is 3. The number of ether oxygens (including phenoxy) is 1. The highest BCUT2D eigenvalue weighted by Crippen LogP contribution is 2.34. The van der Waals surface area contributed by atoms with Gasteiger partial charge in [0.2, 0.25) is 0 Å². The molecule has 0 aromatic heterocycles. The van der Waals surface area contributed by atoms with Crippen LogP contribution in [0.5, 0.6) is 5.75 Å². The van der Waals surface area contributed by atoms with E-state index in [4.69, 9.17) is 4.74 Å². The van der Waals surface area contributed by atoms with E-state index in [9.17, 15) is 23.2 Å². The number of benzene rings is 1. The van der Waals surface area contributed by atoms with E-state index >= 15 is 0 Å². The molecular weight excluding hydrogens is 384 g/mol. The largest absolute Gasteiger partial charge is 0.478 e. The number of imide groups is 1. The van der Waals surface area contributed by atoms with E-state index in [2.05, 4.69) is 5.32 Å². The second-order valence-corrected chi connectivity index (χ2v) is 7.96. The summed E-state index contributed by atoms with van der Waals surface area (Å²) in [7, 11) is 0. The molecule has 2 aliphatic heterocycles. The lowest BCUT2D eigenvalue weighted by molar-refractivity contribution is -0.143. The van der Waals surface area contributed by atoms with Crippen molar-refractivity contribution in [2.24, 2.45) is 5.92 Å². The fourth-order valence-electron chi connectivity index (χ4n) is 3.88. The Morgan fingerprint density at radius 2 is 1.86 bits per heavy atom. The van der Waals surface area contributed by atoms with E-state index in [0.717, 1.165) is 12.1 Å². The molecule has 29 heavy (non-hydrogen) atoms. The zero-order valence-corrected chi connectivity index (χ0v) is 16.7. The molecule has 1 spiro atoms. The summed E-state index contributed by atoms with van der Waals surface area (Å²) in [6.45, 7) is 6.43. The molecule has 7 nitrogen and oxygen atoms in total. The lowest BCUT2D eigenvalue weighted by Gasteiger charge is -2.43. The molecule has 0 saturated carbocycles. The second-order valence-electron chi connectivity index (χ2n) is 7.96. The molecule has 2 saturated heterocycles. The van der Waals surface area contributed by atoms with Crippen LogP contribution in [-0.2, 0) is 9.59 Å². The maximum atomic E-state index is 13.8. The van der Waals surface area contributed by atoms with Gasteiger partial charge in [-0.05, 0) is 37.8 Å². The third kappa shape index (κ3) is 4.04. The number of carbonyl (C=O) groups excluding carboxylic acids is 3. The highest BCUT2D eigenvalue weighted by Gasteiger charge is 2.54. The third-order valence-electron chi connectivity index (χ3n) is 5.40. The van der Waals surface area contributed by atoms with Gasteiger partial charge < -0.3 is 14.5 Å². The first kappa shape index (κ1) is 21.0. The van der Waals surface area contributed by atoms with Gasteiger partial charge in [-0.3, -0.25) is 14.9 Å². The Kier molecular flexibility index (Phi) is 5.77. The van der Waals surface area contributed by atoms with Gasteiger partial charge in [0.1, 0.15) is 11.4 Å². The van der Waals surface area contributed by atoms with Crippen LogP contribution in [0.25, 0.3) is 0 Å². The normalized spacial score (nSPS) is 19.7. The Morgan fingerprint density at radius 1 is 1.21 bits per heavy atom. The highest BCUT2D eigenvalue weighted by atomic mass is 19.1. The summed E-state index contributed by atoms with van der Waals surface area (Å²) in [5, 5.41) is 2.39. The average Bonchev–Trinajstić information content (AvgIpc) is 2.87. The van der Waals surface area contributed by atoms with Gasteiger partial charge in [-0.2, -0.15) is 0 Å². The molecule has 1 atom stereocenters. The minimum absolute atomic E-state index is 0.196. The van der Waals surface area contributed by atoms with Crippen molar-refractivity contribution >= 4 is 17.8 Å². The molecule has 1 N–H and O–H groups in total. The molecule has 3 rings (SSSR count). The van der Waals surface area contributed by atoms with E-state index in [1.807, 2.05) is 13.8 Å². The minimum Gasteiger partial charge on any atom is -0.478 e. The number of nitrogens with zero attached hydrogens (tertiary/aromatic N) is 2. The molecule has 0 bridgehead atoms. The molecule has 2 heterocycles. The van der Waals surface area contributed by atoms with Crippen LogP contribution in [0, 0.1) is 17.6 Å². The van der Waals surface area contributed by atoms with E-state index in [-0.39, 0.29) is 36.6 Å². The van der Waals surface area contributed by atoms with Crippen LogP contribution in [0.2, 0.25) is 0 Å². The number of hydrogen-bond acceptors (Lipinski definition) is 4. The maximum Gasteiger partial charge on any atom is 0.325 e. The quantitative estimate of drug-likeness (QED) is 0.757. The van der Waals surface area contributed by atoms with Crippen LogP contribution in [0.3, 0.4) is 0 Å². The zero-order valence-electron chi connectivity index (χ0n) is 16.7. The van der Waals surface area contributed by atoms with Crippen molar-refractivity contribution in [3.05, 3.63) is 29.8 Å². The number of halogens is 2. The van der Waals surface area contributed by atoms with Gasteiger partial charge in [0, 0.05) is 25.7 Å². The Hall–Kier alpha value is -2.71. The van der Waals surface area contributed by atoms with Gasteiger partial charge in [-0.25, -0.2) is 13.6 Å². The molecule has 1 aromatic rings. The summed E-state index contributed by atoms with van der Waals surface area (Å²) < 4.78 is 32.2. The molecule has 9 heteroatoms. The minimum atomic E-state index is -0.977. The lowest BCUT2D eigenvalue weighted by atomic mass is 9.85. The number of piperidine rings is 1. The van der Waals surface area contributed by atoms with Crippen molar-refractivity contribution in [3.8, 4) is 5.75 Å². The van der Waals surface area contributed by atoms with E-state index < -0.39 is 29.3 Å². The van der Waals surface area contributed by atoms with Crippen LogP contribution in [0.1, 0.15) is 33.6 Å². The summed E-state index contributed by atoms with van der Waals surface area (Å²) in [4.78, 5) is 40.5. The van der Waals surface area contributed by atoms with E-state index in [1.165, 1.54) is 6.92 Å². The summed E-state index contributed by atoms with van der Waals surface area (Å²) in [6.07, 6.45) is -0.337. The fraction of sp³-hybridized carbons (Fsp3) is 0.550. The fourth-order valence-corrected chi connectivity index (χ4v) is 3.88. The van der Waals surface area contributed by atoms with Crippen molar-refractivity contribution in [1.82, 2.24) is 15.1 Å². The van der Waals surface area contributed by atoms with Gasteiger partial charge >= 0.3 is 6.03 Å². The van der Waals surface area contributed by atoms with Crippen LogP contribution >= 0.6 is 0 Å². The Morgan fingerprint density at radius 3 is 2.45 bits per heavy atom. The summed E-state index contributed by atoms with van der Waals surface area (Å²) in [5.41, 5.74) is -0.939. The van der Waals surface area contributed by atoms with Crippen LogP contribution in [0.15, 0.2) is 18.2 Å². The van der Waals surface area contributed by atoms with E-state index in [0.29, 0.717) is 25.5 Å². The zero-order chi connectivity index (χ0) is 21.3. The molecular formula is C20H25F2N3O4. The topological polar surface area (TPSA) is 79.0 Å². The molecule has 2 aliphatic rings. The third-order valence-corrected chi connectivity index (χ3v) is 5.40. The van der Waals surface area contributed by atoms with Crippen LogP contribution in [-0.4, -0.2) is 58.9 Å². The first-order valence-corrected chi connectivity index (χ1v) is 9.67. The number of likely N-dealkylation sites (tertiary alicyclic amines) is 1. The van der Waals surface area contributed by atoms with Crippen molar-refractivity contribution in [2.45, 2.75) is 45.3 Å². The summed E-state index contributed by atoms with van der Waals surface area (Å²) >= 11 is 0. The summed E-state index contributed by atoms with van der Waals surface area (Å²) in [6, 6.07) is 2.49. The first-order chi connectivity index (χ1) is 13.6. The molecule has 4 amide bonds. The standard InChI is InChI=1S/C20H25F2N3O4/c1-12(2)11-25-19(28)23-18(27)20(25)6-8-24(9-7-20)17(26)13(3)29-16-5-4-14(21)10-15(16)22/h4-5,10,12-13H,6-9,11H2,1-3H3,(H,23,27,28). The van der Waals surface area contributed by atoms with E-state index in [1.54, 1.807) is 9.80 Å². The number of rotatable bonds is 5. The summed E-state index contributed by atoms with van der Waals surface area (Å²) in [5.74, 6) is -2.30. The van der Waals surface area contributed by atoms with Gasteiger partial charge in [-0.15, -0.1) is 0 Å². The predicted molar refractivity (Wildman–Crippen MR) is 100 cm³/mol. The molecule has 2 fully saturated rings. The SMILES string of the molecule is CC(C)CN1C(=O)NC(=O)C12CCN(C(=O)C(C)Oc1ccc(F)cc1F)CC2. The monoisotopic (exact) mass is 409 g/mol. The first-order valence-electron chi connectivity index (χ1n) is 9.67. The van der Waals surface area contributed by atoms with Gasteiger partial charge in [-0.1, -0.05) is 13.8 Å². The second kappa shape index (κ2) is 7.96. The number of hydrogen-bond donors (Lipinski definition) is 1. The smallest absolute Gasteiger partial charge is 0.325 e. The van der Waals surface area contributed by atoms with Crippen LogP contribution in [0.4, 0.5) is 13.6 Å². The lowest BCUT2D eigenvalue weighted by Crippen LogP contribution is -2.59. The number of amides is 4. The Labute approximate surface area is 168 Å². The van der Waals surface area contributed by atoms with Crippen molar-refractivity contribution in [2.75, 3.05) is 19.6 Å². The molecule has 158 valence electrons. The van der Waals surface area contributed by atoms with Crippen LogP contribution < -0.4 is 10.1 Å². The van der Waals surface area contributed by atoms with Gasteiger partial charge in [0.25, 0.3) is 11.8 Å². The molecule has 1 unspecified atom stereocenters. The molecule has 0 aliphatic carbocycles. The predicted octanol–water partition coefficient (Wildman–Crippen LogP) is 2.30.